The Labute approximate surface area is 366 Å². The molecular weight excluding hydrogens is 655 g/mol. The van der Waals surface area contributed by atoms with E-state index in [2.05, 4.69) is 0 Å². The molecule has 7 aromatic carbocycles. The highest BCUT2D eigenvalue weighted by atomic mass is 16.3. The summed E-state index contributed by atoms with van der Waals surface area (Å²) in [5, 5.41) is -1.24. The van der Waals surface area contributed by atoms with E-state index in [1.807, 2.05) is 0 Å². The number of hydrogen-bond acceptors (Lipinski definition) is 2. The summed E-state index contributed by atoms with van der Waals surface area (Å²) in [6.07, 6.45) is 0. The van der Waals surface area contributed by atoms with E-state index in [0.717, 1.165) is 0 Å². The van der Waals surface area contributed by atoms with E-state index in [4.69, 9.17) is 30.5 Å². The third kappa shape index (κ3) is 6.42. The number of nitrogens with zero attached hydrogens (tertiary/aromatic N) is 1. The van der Waals surface area contributed by atoms with Gasteiger partial charge in [0, 0.05) is 33.4 Å². The number of anilines is 3. The summed E-state index contributed by atoms with van der Waals surface area (Å²) in [5.41, 5.74) is -13.4. The van der Waals surface area contributed by atoms with Crippen molar-refractivity contribution in [3.8, 4) is 33.4 Å². The summed E-state index contributed by atoms with van der Waals surface area (Å²) in [4.78, 5) is 0.246. The highest BCUT2D eigenvalue weighted by Crippen LogP contribution is 2.41. The van der Waals surface area contributed by atoms with Crippen molar-refractivity contribution in [2.24, 2.45) is 0 Å². The number of allylic oxidation sites excluding steroid dienone is 4. The molecule has 1 aromatic heterocycles. The molecule has 0 amide bonds. The molecule has 2 heteroatoms. The molecule has 54 heavy (non-hydrogen) atoms. The van der Waals surface area contributed by atoms with Crippen molar-refractivity contribution in [3.05, 3.63) is 218 Å². The van der Waals surface area contributed by atoms with Crippen molar-refractivity contribution < 1.29 is 52.4 Å². The van der Waals surface area contributed by atoms with Crippen LogP contribution in [-0.4, -0.2) is 0 Å². The van der Waals surface area contributed by atoms with E-state index in [-0.39, 0.29) is 4.90 Å². The van der Waals surface area contributed by atoms with Crippen LogP contribution in [-0.2, 0) is 0 Å². The van der Waals surface area contributed by atoms with Crippen molar-refractivity contribution in [2.45, 2.75) is 0 Å². The Bertz CT molecular complexity index is 4380. The lowest BCUT2D eigenvalue weighted by Gasteiger charge is -2.26. The molecule has 0 aliphatic heterocycles. The van der Waals surface area contributed by atoms with Crippen molar-refractivity contribution in [1.82, 2.24) is 0 Å². The third-order valence-electron chi connectivity index (χ3n) is 7.52. The van der Waals surface area contributed by atoms with E-state index in [0.29, 0.717) is 26.2 Å². The zero-order chi connectivity index (χ0) is 66.8. The molecule has 0 spiro atoms. The number of benzene rings is 7. The second-order valence-electron chi connectivity index (χ2n) is 10.6. The Morgan fingerprint density at radius 1 is 0.556 bits per heavy atom. The van der Waals surface area contributed by atoms with Crippen LogP contribution in [0.1, 0.15) is 64.7 Å². The lowest BCUT2D eigenvalue weighted by molar-refractivity contribution is 0.668. The molecule has 0 fully saturated rings. The molecule has 0 bridgehead atoms. The van der Waals surface area contributed by atoms with Gasteiger partial charge >= 0.3 is 0 Å². The fourth-order valence-electron chi connectivity index (χ4n) is 5.12. The van der Waals surface area contributed by atoms with Gasteiger partial charge in [0.25, 0.3) is 0 Å². The van der Waals surface area contributed by atoms with Gasteiger partial charge in [-0.25, -0.2) is 0 Å². The largest absolute Gasteiger partial charge is 0.455 e. The molecule has 8 rings (SSSR count). The maximum absolute atomic E-state index is 9.62. The minimum atomic E-state index is -1.36. The molecule has 0 saturated heterocycles. The molecule has 0 atom stereocenters. The lowest BCUT2D eigenvalue weighted by atomic mass is 9.92. The van der Waals surface area contributed by atoms with E-state index < -0.39 is 282 Å². The molecule has 1 heterocycles. The molecular formula is C52H39NO. The average Bonchev–Trinajstić information content (AvgIpc) is 1.69. The Kier molecular flexibility index (Phi) is 3.42. The maximum atomic E-state index is 9.62. The molecule has 2 nitrogen and oxygen atoms in total. The summed E-state index contributed by atoms with van der Waals surface area (Å²) in [7, 11) is 0. The Morgan fingerprint density at radius 3 is 1.61 bits per heavy atom. The molecule has 0 N–H and O–H groups in total. The monoisotopic (exact) mass is 729 g/mol. The predicted molar refractivity (Wildman–Crippen MR) is 233 cm³/mol. The van der Waals surface area contributed by atoms with Crippen molar-refractivity contribution in [2.75, 3.05) is 4.90 Å². The van der Waals surface area contributed by atoms with Crippen LogP contribution in [0.15, 0.2) is 206 Å². The van der Waals surface area contributed by atoms with Crippen LogP contribution in [0.5, 0.6) is 0 Å². The Balaban J connectivity index is 1.54. The van der Waals surface area contributed by atoms with Gasteiger partial charge in [0.2, 0.25) is 0 Å². The first-order chi connectivity index (χ1) is 41.5. The molecule has 258 valence electrons. The van der Waals surface area contributed by atoms with Crippen LogP contribution in [0, 0.1) is 0 Å². The van der Waals surface area contributed by atoms with Crippen molar-refractivity contribution in [1.29, 1.82) is 0 Å². The fourth-order valence-corrected chi connectivity index (χ4v) is 5.12. The number of rotatable bonds is 11. The van der Waals surface area contributed by atoms with E-state index in [1.54, 1.807) is 0 Å². The molecule has 0 aliphatic rings. The minimum Gasteiger partial charge on any atom is -0.455 e. The summed E-state index contributed by atoms with van der Waals surface area (Å²) >= 11 is 0. The summed E-state index contributed by atoms with van der Waals surface area (Å²) < 4.78 is 315. The molecule has 0 unspecified atom stereocenters. The van der Waals surface area contributed by atoms with E-state index in [9.17, 15) is 21.9 Å². The first-order valence-corrected chi connectivity index (χ1v) is 15.2. The van der Waals surface area contributed by atoms with Crippen LogP contribution in [0.25, 0.3) is 73.0 Å². The summed E-state index contributed by atoms with van der Waals surface area (Å²) in [6, 6.07) is -33.8. The summed E-state index contributed by atoms with van der Waals surface area (Å²) in [6.45, 7) is 1.63. The second kappa shape index (κ2) is 14.8. The van der Waals surface area contributed by atoms with Gasteiger partial charge in [0.05, 0.1) is 48.0 Å². The van der Waals surface area contributed by atoms with Crippen molar-refractivity contribution >= 4 is 56.7 Å². The van der Waals surface area contributed by atoms with E-state index >= 15 is 0 Å². The van der Waals surface area contributed by atoms with Gasteiger partial charge in [-0.15, -0.1) is 0 Å². The van der Waals surface area contributed by atoms with Gasteiger partial charge in [0.15, 0.2) is 0 Å². The normalized spacial score (nSPS) is 22.3. The first-order valence-electron chi connectivity index (χ1n) is 33.0. The van der Waals surface area contributed by atoms with Crippen LogP contribution in [0.2, 0.25) is 0 Å². The van der Waals surface area contributed by atoms with E-state index in [1.165, 1.54) is 0 Å². The molecule has 0 aliphatic carbocycles. The van der Waals surface area contributed by atoms with Crippen LogP contribution < -0.4 is 4.90 Å². The zero-order valence-electron chi connectivity index (χ0n) is 62.2. The number of furan rings is 1. The standard InChI is InChI=1S/C52H39NO/c1-5-8-15-36(4)49-35-50-48-33-26-42(34-51(48)54-52(50)47(7-3)46(49)6-2)41-24-31-45(32-25-41)53(43-27-20-39(21-28-43)37-16-11-9-12-17-37)44-29-22-40(23-30-44)38-18-13-10-14-19-38/h5-35H,1-4H2/b15-8-/i1D,2D,3D,4D,5D,6D,7D,8D,9D,10D,11D,12D,13D,14D,15D,16D,17D,18D,19D,20D,21D,22D,23D,24D,25D,26D,27D,28D,29D,30D,31D,32D,33D,34D,35D/b5-1?,6-2?,7-3?,15-8-,36-4?. The first kappa shape index (κ1) is 12.5. The van der Waals surface area contributed by atoms with Gasteiger partial charge in [-0.3, -0.25) is 0 Å². The van der Waals surface area contributed by atoms with Gasteiger partial charge in [0.1, 0.15) is 11.2 Å². The van der Waals surface area contributed by atoms with Crippen LogP contribution in [0.3, 0.4) is 0 Å². The highest BCUT2D eigenvalue weighted by molar-refractivity contribution is 6.11. The second-order valence-corrected chi connectivity index (χ2v) is 10.6. The fraction of sp³-hybridized carbons (Fsp3) is 0. The van der Waals surface area contributed by atoms with Gasteiger partial charge in [-0.1, -0.05) is 159 Å². The van der Waals surface area contributed by atoms with Gasteiger partial charge in [-0.05, 0) is 104 Å². The maximum Gasteiger partial charge on any atom is 0.143 e. The molecule has 0 radical (unpaired) electrons. The Hall–Kier alpha value is -7.16. The zero-order valence-corrected chi connectivity index (χ0v) is 27.2. The van der Waals surface area contributed by atoms with Gasteiger partial charge in [-0.2, -0.15) is 0 Å². The SMILES string of the molecule is [2H]C=C([2H])/C([2H])=C(/[2H])C(=C[2H])c1c(C([2H])=C[2H])c(C([2H])=C[2H])c2oc3c([2H])c(-c4c([2H])c([2H])c(N(c5c([2H])c([2H])c(-c6c([2H])c([2H])c([2H])c([2H])c6[2H])c([2H])c5[2H])c5c([2H])c([2H])c(-c6c([2H])c([2H])c([2H])c([2H])c6[2H])c([2H])c5[2H])c([2H])c4[2H])c([2H])c([2H])c3c2c1[2H]. The minimum absolute atomic E-state index is 0.246. The quantitative estimate of drug-likeness (QED) is 0.123. The lowest BCUT2D eigenvalue weighted by Crippen LogP contribution is -2.09. The molecule has 8 aromatic rings. The Morgan fingerprint density at radius 2 is 1.07 bits per heavy atom. The number of fused-ring (bicyclic) bond motifs is 3. The van der Waals surface area contributed by atoms with Crippen molar-refractivity contribution in [3.63, 3.8) is 0 Å². The van der Waals surface area contributed by atoms with Gasteiger partial charge < -0.3 is 9.32 Å². The smallest absolute Gasteiger partial charge is 0.143 e. The van der Waals surface area contributed by atoms with Crippen LogP contribution >= 0.6 is 0 Å². The number of hydrogen-bond donors (Lipinski definition) is 0. The molecule has 0 saturated carbocycles. The predicted octanol–water partition coefficient (Wildman–Crippen LogP) is 15.1. The summed E-state index contributed by atoms with van der Waals surface area (Å²) in [5.74, 6) is 0. The topological polar surface area (TPSA) is 16.4 Å². The average molecular weight is 729 g/mol. The third-order valence-corrected chi connectivity index (χ3v) is 7.52. The van der Waals surface area contributed by atoms with Crippen LogP contribution in [0.4, 0.5) is 17.1 Å². The highest BCUT2D eigenvalue weighted by Gasteiger charge is 2.18.